The van der Waals surface area contributed by atoms with E-state index in [9.17, 15) is 9.18 Å². The summed E-state index contributed by atoms with van der Waals surface area (Å²) < 4.78 is 13.5. The lowest BCUT2D eigenvalue weighted by Gasteiger charge is -2.12. The SMILES string of the molecule is CN=C(NCCc1c[nH]c2ccc(F)cc12)NCc1cccc(C(=O)NC)c1.I. The van der Waals surface area contributed by atoms with Crippen molar-refractivity contribution in [1.82, 2.24) is 20.9 Å². The van der Waals surface area contributed by atoms with E-state index in [0.717, 1.165) is 28.5 Å². The molecule has 0 bridgehead atoms. The summed E-state index contributed by atoms with van der Waals surface area (Å²) in [7, 11) is 3.32. The van der Waals surface area contributed by atoms with E-state index in [1.807, 2.05) is 24.4 Å². The summed E-state index contributed by atoms with van der Waals surface area (Å²) in [5.41, 5.74) is 3.58. The number of fused-ring (bicyclic) bond motifs is 1. The van der Waals surface area contributed by atoms with Crippen molar-refractivity contribution in [3.05, 3.63) is 71.2 Å². The van der Waals surface area contributed by atoms with Gasteiger partial charge in [0.2, 0.25) is 0 Å². The Morgan fingerprint density at radius 2 is 2.00 bits per heavy atom. The maximum absolute atomic E-state index is 13.5. The van der Waals surface area contributed by atoms with Gasteiger partial charge < -0.3 is 20.9 Å². The van der Waals surface area contributed by atoms with Crippen molar-refractivity contribution in [3.63, 3.8) is 0 Å². The van der Waals surface area contributed by atoms with Crippen molar-refractivity contribution < 1.29 is 9.18 Å². The lowest BCUT2D eigenvalue weighted by molar-refractivity contribution is 0.0963. The van der Waals surface area contributed by atoms with Crippen molar-refractivity contribution in [2.24, 2.45) is 4.99 Å². The minimum Gasteiger partial charge on any atom is -0.361 e. The molecule has 0 aliphatic heterocycles. The molecule has 0 aliphatic rings. The molecule has 0 saturated heterocycles. The first-order chi connectivity index (χ1) is 13.6. The highest BCUT2D eigenvalue weighted by molar-refractivity contribution is 14.0. The first-order valence-corrected chi connectivity index (χ1v) is 9.11. The molecule has 0 unspecified atom stereocenters. The lowest BCUT2D eigenvalue weighted by atomic mass is 10.1. The molecule has 1 aromatic heterocycles. The minimum atomic E-state index is -0.238. The fourth-order valence-electron chi connectivity index (χ4n) is 3.05. The number of aromatic nitrogens is 1. The van der Waals surface area contributed by atoms with Crippen LogP contribution in [-0.4, -0.2) is 37.5 Å². The van der Waals surface area contributed by atoms with Crippen molar-refractivity contribution in [1.29, 1.82) is 0 Å². The smallest absolute Gasteiger partial charge is 0.251 e. The molecule has 3 rings (SSSR count). The zero-order chi connectivity index (χ0) is 19.9. The second-order valence-electron chi connectivity index (χ2n) is 6.39. The number of halogens is 2. The van der Waals surface area contributed by atoms with E-state index in [0.29, 0.717) is 24.6 Å². The second kappa shape index (κ2) is 10.8. The minimum absolute atomic E-state index is 0. The number of aromatic amines is 1. The van der Waals surface area contributed by atoms with Crippen molar-refractivity contribution >= 4 is 46.7 Å². The molecule has 0 saturated carbocycles. The Morgan fingerprint density at radius 3 is 2.76 bits per heavy atom. The summed E-state index contributed by atoms with van der Waals surface area (Å²) in [6.45, 7) is 1.20. The number of hydrogen-bond donors (Lipinski definition) is 4. The molecule has 0 atom stereocenters. The van der Waals surface area contributed by atoms with Crippen LogP contribution in [0.5, 0.6) is 0 Å². The number of amides is 1. The Balaban J connectivity index is 0.00000300. The van der Waals surface area contributed by atoms with E-state index < -0.39 is 0 Å². The third-order valence-corrected chi connectivity index (χ3v) is 4.52. The number of H-pyrrole nitrogens is 1. The topological polar surface area (TPSA) is 81.3 Å². The normalized spacial score (nSPS) is 11.1. The van der Waals surface area contributed by atoms with Gasteiger partial charge in [0.15, 0.2) is 5.96 Å². The zero-order valence-electron chi connectivity index (χ0n) is 16.4. The molecule has 1 amide bonds. The van der Waals surface area contributed by atoms with Gasteiger partial charge in [-0.2, -0.15) is 0 Å². The Hall–Kier alpha value is -2.62. The molecule has 8 heteroatoms. The first kappa shape index (κ1) is 22.7. The first-order valence-electron chi connectivity index (χ1n) is 9.11. The van der Waals surface area contributed by atoms with E-state index in [1.54, 1.807) is 32.3 Å². The van der Waals surface area contributed by atoms with Crippen LogP contribution in [0.4, 0.5) is 4.39 Å². The highest BCUT2D eigenvalue weighted by Crippen LogP contribution is 2.19. The van der Waals surface area contributed by atoms with Gasteiger partial charge in [0.1, 0.15) is 5.82 Å². The van der Waals surface area contributed by atoms with Crippen molar-refractivity contribution in [3.8, 4) is 0 Å². The molecule has 1 heterocycles. The molecule has 4 N–H and O–H groups in total. The van der Waals surface area contributed by atoms with Gasteiger partial charge in [-0.15, -0.1) is 24.0 Å². The fraction of sp³-hybridized carbons (Fsp3) is 0.238. The van der Waals surface area contributed by atoms with E-state index in [2.05, 4.69) is 25.9 Å². The summed E-state index contributed by atoms with van der Waals surface area (Å²) in [4.78, 5) is 19.1. The molecule has 0 spiro atoms. The van der Waals surface area contributed by atoms with Gasteiger partial charge in [0.05, 0.1) is 0 Å². The standard InChI is InChI=1S/C21H24FN5O.HI/c1-23-20(28)15-5-3-4-14(10-15)12-27-21(24-2)25-9-8-16-13-26-19-7-6-17(22)11-18(16)19;/h3-7,10-11,13,26H,8-9,12H2,1-2H3,(H,23,28)(H2,24,25,27);1H. The molecule has 0 fully saturated rings. The van der Waals surface area contributed by atoms with Crippen LogP contribution in [0.1, 0.15) is 21.5 Å². The average molecular weight is 509 g/mol. The molecule has 2 aromatic carbocycles. The predicted octanol–water partition coefficient (Wildman–Crippen LogP) is 3.19. The molecular weight excluding hydrogens is 484 g/mol. The number of benzene rings is 2. The highest BCUT2D eigenvalue weighted by Gasteiger charge is 2.07. The molecule has 3 aromatic rings. The fourth-order valence-corrected chi connectivity index (χ4v) is 3.05. The largest absolute Gasteiger partial charge is 0.361 e. The van der Waals surface area contributed by atoms with Gasteiger partial charge in [-0.25, -0.2) is 4.39 Å². The number of rotatable bonds is 6. The van der Waals surface area contributed by atoms with Gasteiger partial charge in [0, 0.05) is 49.8 Å². The zero-order valence-corrected chi connectivity index (χ0v) is 18.7. The van der Waals surface area contributed by atoms with Gasteiger partial charge in [-0.1, -0.05) is 12.1 Å². The average Bonchev–Trinajstić information content (AvgIpc) is 3.12. The summed E-state index contributed by atoms with van der Waals surface area (Å²) in [6.07, 6.45) is 2.64. The van der Waals surface area contributed by atoms with Gasteiger partial charge in [-0.05, 0) is 47.9 Å². The Labute approximate surface area is 186 Å². The lowest BCUT2D eigenvalue weighted by Crippen LogP contribution is -2.37. The Bertz CT molecular complexity index is 1000. The summed E-state index contributed by atoms with van der Waals surface area (Å²) in [5.74, 6) is 0.314. The molecule has 0 aliphatic carbocycles. The van der Waals surface area contributed by atoms with E-state index in [-0.39, 0.29) is 35.7 Å². The van der Waals surface area contributed by atoms with Crippen LogP contribution < -0.4 is 16.0 Å². The molecule has 154 valence electrons. The van der Waals surface area contributed by atoms with E-state index in [4.69, 9.17) is 0 Å². The van der Waals surface area contributed by atoms with E-state index in [1.165, 1.54) is 6.07 Å². The molecule has 6 nitrogen and oxygen atoms in total. The second-order valence-corrected chi connectivity index (χ2v) is 6.39. The monoisotopic (exact) mass is 509 g/mol. The number of nitrogens with one attached hydrogen (secondary N) is 4. The molecular formula is C21H25FIN5O. The maximum atomic E-state index is 13.5. The third-order valence-electron chi connectivity index (χ3n) is 4.52. The van der Waals surface area contributed by atoms with Crippen LogP contribution in [0, 0.1) is 5.82 Å². The van der Waals surface area contributed by atoms with Gasteiger partial charge in [-0.3, -0.25) is 9.79 Å². The summed E-state index contributed by atoms with van der Waals surface area (Å²) in [5, 5.41) is 10.0. The Kier molecular flexibility index (Phi) is 8.44. The number of guanidine groups is 1. The molecule has 0 radical (unpaired) electrons. The third kappa shape index (κ3) is 5.93. The van der Waals surface area contributed by atoms with Gasteiger partial charge >= 0.3 is 0 Å². The summed E-state index contributed by atoms with van der Waals surface area (Å²) >= 11 is 0. The number of carbonyl (C=O) groups excluding carboxylic acids is 1. The van der Waals surface area contributed by atoms with Crippen LogP contribution >= 0.6 is 24.0 Å². The van der Waals surface area contributed by atoms with Crippen LogP contribution in [0.2, 0.25) is 0 Å². The van der Waals surface area contributed by atoms with Crippen LogP contribution in [0.15, 0.2) is 53.7 Å². The van der Waals surface area contributed by atoms with Crippen LogP contribution in [-0.2, 0) is 13.0 Å². The van der Waals surface area contributed by atoms with Crippen LogP contribution in [0.25, 0.3) is 10.9 Å². The number of aliphatic imine (C=N–C) groups is 1. The van der Waals surface area contributed by atoms with Crippen molar-refractivity contribution in [2.45, 2.75) is 13.0 Å². The number of hydrogen-bond acceptors (Lipinski definition) is 2. The number of carbonyl (C=O) groups is 1. The van der Waals surface area contributed by atoms with Gasteiger partial charge in [0.25, 0.3) is 5.91 Å². The van der Waals surface area contributed by atoms with Crippen molar-refractivity contribution in [2.75, 3.05) is 20.6 Å². The highest BCUT2D eigenvalue weighted by atomic mass is 127. The maximum Gasteiger partial charge on any atom is 0.251 e. The number of nitrogens with zero attached hydrogens (tertiary/aromatic N) is 1. The molecule has 29 heavy (non-hydrogen) atoms. The predicted molar refractivity (Wildman–Crippen MR) is 125 cm³/mol. The van der Waals surface area contributed by atoms with Crippen LogP contribution in [0.3, 0.4) is 0 Å². The van der Waals surface area contributed by atoms with E-state index >= 15 is 0 Å². The summed E-state index contributed by atoms with van der Waals surface area (Å²) in [6, 6.07) is 12.2. The Morgan fingerprint density at radius 1 is 1.17 bits per heavy atom. The quantitative estimate of drug-likeness (QED) is 0.234.